The molecule has 3 rings (SSSR count). The Morgan fingerprint density at radius 3 is 2.41 bits per heavy atom. The largest absolute Gasteiger partial charge is 0.491 e. The lowest BCUT2D eigenvalue weighted by Crippen LogP contribution is -2.38. The van der Waals surface area contributed by atoms with Crippen LogP contribution in [0.3, 0.4) is 0 Å². The van der Waals surface area contributed by atoms with Crippen LogP contribution in [0.2, 0.25) is 10.0 Å². The van der Waals surface area contributed by atoms with Gasteiger partial charge >= 0.3 is 0 Å². The van der Waals surface area contributed by atoms with E-state index in [0.29, 0.717) is 11.4 Å². The molecule has 0 radical (unpaired) electrons. The molecule has 0 bridgehead atoms. The predicted octanol–water partition coefficient (Wildman–Crippen LogP) is 5.61. The summed E-state index contributed by atoms with van der Waals surface area (Å²) in [6, 6.07) is 19.1. The Labute approximate surface area is 197 Å². The number of hydrogen-bond acceptors (Lipinski definition) is 4. The van der Waals surface area contributed by atoms with Crippen LogP contribution in [-0.4, -0.2) is 27.0 Å². The van der Waals surface area contributed by atoms with Gasteiger partial charge in [-0.05, 0) is 56.3 Å². The molecule has 1 N–H and O–H groups in total. The maximum Gasteiger partial charge on any atom is 0.264 e. The van der Waals surface area contributed by atoms with Gasteiger partial charge in [0.2, 0.25) is 5.91 Å². The second-order valence-corrected chi connectivity index (χ2v) is 9.87. The highest BCUT2D eigenvalue weighted by Gasteiger charge is 2.29. The minimum absolute atomic E-state index is 0.0242. The molecule has 0 unspecified atom stereocenters. The smallest absolute Gasteiger partial charge is 0.264 e. The monoisotopic (exact) mass is 492 g/mol. The van der Waals surface area contributed by atoms with E-state index in [0.717, 1.165) is 4.31 Å². The Bertz CT molecular complexity index is 1200. The Morgan fingerprint density at radius 1 is 1.00 bits per heavy atom. The van der Waals surface area contributed by atoms with E-state index in [1.165, 1.54) is 24.3 Å². The molecular formula is C23H22Cl2N2O4S. The summed E-state index contributed by atoms with van der Waals surface area (Å²) >= 11 is 12.4. The summed E-state index contributed by atoms with van der Waals surface area (Å²) in [4.78, 5) is 12.9. The lowest BCUT2D eigenvalue weighted by Gasteiger charge is -2.25. The van der Waals surface area contributed by atoms with Crippen LogP contribution in [0.25, 0.3) is 0 Å². The quantitative estimate of drug-likeness (QED) is 0.442. The van der Waals surface area contributed by atoms with E-state index in [-0.39, 0.29) is 26.7 Å². The van der Waals surface area contributed by atoms with Crippen molar-refractivity contribution >= 4 is 50.5 Å². The standard InChI is InChI=1S/C23H22Cl2N2O4S/c1-16(2)31-19-8-6-7-18(14-19)26-23(28)15-27(22-13-17(24)11-12-21(22)25)32(29,30)20-9-4-3-5-10-20/h3-14,16H,15H2,1-2H3,(H,26,28). The maximum absolute atomic E-state index is 13.4. The van der Waals surface area contributed by atoms with Gasteiger partial charge in [-0.3, -0.25) is 9.10 Å². The molecule has 0 spiro atoms. The number of anilines is 2. The van der Waals surface area contributed by atoms with Crippen molar-refractivity contribution in [2.24, 2.45) is 0 Å². The molecule has 1 amide bonds. The van der Waals surface area contributed by atoms with E-state index in [4.69, 9.17) is 27.9 Å². The van der Waals surface area contributed by atoms with E-state index in [2.05, 4.69) is 5.32 Å². The third kappa shape index (κ3) is 5.94. The van der Waals surface area contributed by atoms with E-state index < -0.39 is 22.5 Å². The van der Waals surface area contributed by atoms with Crippen molar-refractivity contribution in [2.75, 3.05) is 16.2 Å². The van der Waals surface area contributed by atoms with Crippen LogP contribution in [0.4, 0.5) is 11.4 Å². The van der Waals surface area contributed by atoms with Gasteiger partial charge in [0.1, 0.15) is 12.3 Å². The molecular weight excluding hydrogens is 471 g/mol. The molecule has 32 heavy (non-hydrogen) atoms. The van der Waals surface area contributed by atoms with Gasteiger partial charge in [-0.1, -0.05) is 47.5 Å². The first-order valence-electron chi connectivity index (χ1n) is 9.76. The number of benzene rings is 3. The number of nitrogens with one attached hydrogen (secondary N) is 1. The Kier molecular flexibility index (Phi) is 7.66. The summed E-state index contributed by atoms with van der Waals surface area (Å²) in [6.07, 6.45) is -0.0302. The average molecular weight is 493 g/mol. The van der Waals surface area contributed by atoms with Gasteiger partial charge in [-0.25, -0.2) is 8.42 Å². The first-order chi connectivity index (χ1) is 15.2. The molecule has 0 aliphatic heterocycles. The van der Waals surface area contributed by atoms with E-state index in [1.807, 2.05) is 13.8 Å². The highest BCUT2D eigenvalue weighted by molar-refractivity contribution is 7.92. The zero-order valence-corrected chi connectivity index (χ0v) is 19.8. The van der Waals surface area contributed by atoms with E-state index in [9.17, 15) is 13.2 Å². The number of carbonyl (C=O) groups is 1. The summed E-state index contributed by atoms with van der Waals surface area (Å²) in [7, 11) is -4.10. The lowest BCUT2D eigenvalue weighted by atomic mass is 10.3. The van der Waals surface area contributed by atoms with Crippen LogP contribution in [0.5, 0.6) is 5.75 Å². The molecule has 0 saturated heterocycles. The molecule has 3 aromatic carbocycles. The van der Waals surface area contributed by atoms with Gasteiger partial charge in [0.15, 0.2) is 0 Å². The fraction of sp³-hybridized carbons (Fsp3) is 0.174. The molecule has 0 fully saturated rings. The number of carbonyl (C=O) groups excluding carboxylic acids is 1. The van der Waals surface area contributed by atoms with Crippen molar-refractivity contribution in [1.82, 2.24) is 0 Å². The summed E-state index contributed by atoms with van der Waals surface area (Å²) in [5.41, 5.74) is 0.581. The fourth-order valence-corrected chi connectivity index (χ4v) is 4.84. The first kappa shape index (κ1) is 23.9. The van der Waals surface area contributed by atoms with Gasteiger partial charge in [-0.2, -0.15) is 0 Å². The highest BCUT2D eigenvalue weighted by atomic mass is 35.5. The summed E-state index contributed by atoms with van der Waals surface area (Å²) in [5.74, 6) is 0.0340. The van der Waals surface area contributed by atoms with Crippen LogP contribution in [0.15, 0.2) is 77.7 Å². The van der Waals surface area contributed by atoms with Gasteiger partial charge in [0.05, 0.1) is 21.7 Å². The van der Waals surface area contributed by atoms with Gasteiger partial charge in [0, 0.05) is 16.8 Å². The zero-order chi connectivity index (χ0) is 23.3. The van der Waals surface area contributed by atoms with Crippen LogP contribution < -0.4 is 14.4 Å². The molecule has 0 saturated carbocycles. The summed E-state index contributed by atoms with van der Waals surface area (Å²) in [5, 5.41) is 3.15. The van der Waals surface area contributed by atoms with Crippen molar-refractivity contribution in [3.63, 3.8) is 0 Å². The number of hydrogen-bond donors (Lipinski definition) is 1. The van der Waals surface area contributed by atoms with Gasteiger partial charge in [0.25, 0.3) is 10.0 Å². The normalized spacial score (nSPS) is 11.3. The van der Waals surface area contributed by atoms with Crippen LogP contribution >= 0.6 is 23.2 Å². The second-order valence-electron chi connectivity index (χ2n) is 7.16. The molecule has 0 aliphatic rings. The van der Waals surface area contributed by atoms with Crippen molar-refractivity contribution < 1.29 is 17.9 Å². The number of sulfonamides is 1. The van der Waals surface area contributed by atoms with Crippen molar-refractivity contribution in [3.8, 4) is 5.75 Å². The molecule has 0 aromatic heterocycles. The molecule has 0 heterocycles. The number of rotatable bonds is 8. The number of nitrogens with zero attached hydrogens (tertiary/aromatic N) is 1. The molecule has 6 nitrogen and oxygen atoms in total. The molecule has 9 heteroatoms. The van der Waals surface area contributed by atoms with Crippen molar-refractivity contribution in [3.05, 3.63) is 82.8 Å². The SMILES string of the molecule is CC(C)Oc1cccc(NC(=O)CN(c2cc(Cl)ccc2Cl)S(=O)(=O)c2ccccc2)c1. The van der Waals surface area contributed by atoms with E-state index >= 15 is 0 Å². The minimum atomic E-state index is -4.10. The molecule has 168 valence electrons. The van der Waals surface area contributed by atoms with Gasteiger partial charge < -0.3 is 10.1 Å². The van der Waals surface area contributed by atoms with Crippen molar-refractivity contribution in [2.45, 2.75) is 24.8 Å². The van der Waals surface area contributed by atoms with Crippen LogP contribution in [-0.2, 0) is 14.8 Å². The first-order valence-corrected chi connectivity index (χ1v) is 12.0. The third-order valence-electron chi connectivity index (χ3n) is 4.28. The highest BCUT2D eigenvalue weighted by Crippen LogP contribution is 2.33. The van der Waals surface area contributed by atoms with Crippen LogP contribution in [0.1, 0.15) is 13.8 Å². The number of amides is 1. The molecule has 3 aromatic rings. The van der Waals surface area contributed by atoms with Crippen LogP contribution in [0, 0.1) is 0 Å². The van der Waals surface area contributed by atoms with Gasteiger partial charge in [-0.15, -0.1) is 0 Å². The number of ether oxygens (including phenoxy) is 1. The molecule has 0 atom stereocenters. The Morgan fingerprint density at radius 2 is 1.72 bits per heavy atom. The Hall–Kier alpha value is -2.74. The zero-order valence-electron chi connectivity index (χ0n) is 17.5. The Balaban J connectivity index is 1.93. The minimum Gasteiger partial charge on any atom is -0.491 e. The summed E-state index contributed by atoms with van der Waals surface area (Å²) in [6.45, 7) is 3.28. The van der Waals surface area contributed by atoms with E-state index in [1.54, 1.807) is 48.5 Å². The molecule has 0 aliphatic carbocycles. The third-order valence-corrected chi connectivity index (χ3v) is 6.61. The topological polar surface area (TPSA) is 75.7 Å². The maximum atomic E-state index is 13.4. The average Bonchev–Trinajstić information content (AvgIpc) is 2.74. The summed E-state index contributed by atoms with van der Waals surface area (Å²) < 4.78 is 33.4. The van der Waals surface area contributed by atoms with Crippen molar-refractivity contribution in [1.29, 1.82) is 0 Å². The second kappa shape index (κ2) is 10.3. The lowest BCUT2D eigenvalue weighted by molar-refractivity contribution is -0.114. The predicted molar refractivity (Wildman–Crippen MR) is 128 cm³/mol. The fourth-order valence-electron chi connectivity index (χ4n) is 2.95. The number of halogens is 2.